The number of Topliss-reactive ketones (excluding diaryl/α,β-unsaturated/α-hetero) is 2. The fourth-order valence-corrected chi connectivity index (χ4v) is 6.24. The molecule has 1 fully saturated rings. The van der Waals surface area contributed by atoms with E-state index in [9.17, 15) is 39.6 Å². The van der Waals surface area contributed by atoms with E-state index in [1.54, 1.807) is 19.3 Å². The van der Waals surface area contributed by atoms with Crippen LogP contribution in [0, 0.1) is 17.7 Å². The Balaban J connectivity index is 1.66. The molecule has 1 aromatic heterocycles. The Bertz CT molecular complexity index is 1590. The number of ketones is 2. The maximum absolute atomic E-state index is 15.4. The van der Waals surface area contributed by atoms with Gasteiger partial charge in [0.25, 0.3) is 11.8 Å². The van der Waals surface area contributed by atoms with Crippen molar-refractivity contribution in [2.75, 3.05) is 19.4 Å². The maximum Gasteiger partial charge on any atom is 0.272 e. The van der Waals surface area contributed by atoms with Crippen LogP contribution in [0.15, 0.2) is 41.3 Å². The Morgan fingerprint density at radius 3 is 2.48 bits per heavy atom. The van der Waals surface area contributed by atoms with E-state index in [-0.39, 0.29) is 29.8 Å². The van der Waals surface area contributed by atoms with Crippen molar-refractivity contribution in [2.45, 2.75) is 24.5 Å². The molecule has 3 aliphatic carbocycles. The molecule has 0 spiro atoms. The molecule has 0 unspecified atom stereocenters. The zero-order chi connectivity index (χ0) is 29.4. The van der Waals surface area contributed by atoms with Gasteiger partial charge in [0.15, 0.2) is 17.1 Å². The quantitative estimate of drug-likeness (QED) is 0.233. The zero-order valence-electron chi connectivity index (χ0n) is 21.7. The molecule has 13 heteroatoms. The molecule has 3 aliphatic rings. The number of aliphatic hydroxyl groups is 3. The van der Waals surface area contributed by atoms with Crippen LogP contribution >= 0.6 is 0 Å². The number of amides is 2. The molecule has 12 nitrogen and oxygen atoms in total. The summed E-state index contributed by atoms with van der Waals surface area (Å²) in [5.41, 5.74) is 0.373. The number of benzene rings is 1. The molecule has 40 heavy (non-hydrogen) atoms. The lowest BCUT2D eigenvalue weighted by Crippen LogP contribution is -2.65. The second kappa shape index (κ2) is 9.03. The van der Waals surface area contributed by atoms with Gasteiger partial charge >= 0.3 is 0 Å². The Kier molecular flexibility index (Phi) is 6.12. The third-order valence-corrected chi connectivity index (χ3v) is 8.09. The molecule has 1 saturated carbocycles. The number of primary amides is 1. The van der Waals surface area contributed by atoms with Crippen molar-refractivity contribution in [3.63, 3.8) is 0 Å². The highest BCUT2D eigenvalue weighted by molar-refractivity contribution is 6.24. The number of hydrogen-bond acceptors (Lipinski definition) is 9. The molecule has 0 aliphatic heterocycles. The molecule has 7 N–H and O–H groups in total. The normalized spacial score (nSPS) is 26.0. The van der Waals surface area contributed by atoms with Crippen molar-refractivity contribution >= 4 is 34.8 Å². The molecular formula is C27H27FN4O8. The van der Waals surface area contributed by atoms with Gasteiger partial charge in [0.2, 0.25) is 5.78 Å². The summed E-state index contributed by atoms with van der Waals surface area (Å²) in [4.78, 5) is 53.1. The summed E-state index contributed by atoms with van der Waals surface area (Å²) < 4.78 is 16.9. The summed E-state index contributed by atoms with van der Waals surface area (Å²) in [5, 5.41) is 47.1. The molecule has 2 aromatic rings. The molecule has 4 atom stereocenters. The van der Waals surface area contributed by atoms with Gasteiger partial charge in [0.05, 0.1) is 17.3 Å². The molecule has 1 heterocycles. The van der Waals surface area contributed by atoms with E-state index in [2.05, 4.69) is 5.32 Å². The summed E-state index contributed by atoms with van der Waals surface area (Å²) >= 11 is 0. The van der Waals surface area contributed by atoms with Crippen LogP contribution in [0.2, 0.25) is 0 Å². The highest BCUT2D eigenvalue weighted by atomic mass is 19.1. The first-order chi connectivity index (χ1) is 18.7. The average Bonchev–Trinajstić information content (AvgIpc) is 3.30. The minimum absolute atomic E-state index is 0.139. The van der Waals surface area contributed by atoms with Gasteiger partial charge in [-0.2, -0.15) is 0 Å². The number of aryl methyl sites for hydroxylation is 1. The van der Waals surface area contributed by atoms with Crippen LogP contribution in [0.1, 0.15) is 28.0 Å². The number of nitrogens with zero attached hydrogens (tertiary/aromatic N) is 2. The number of nitrogens with two attached hydrogens (primary N) is 1. The van der Waals surface area contributed by atoms with Crippen molar-refractivity contribution in [1.82, 2.24) is 9.47 Å². The minimum atomic E-state index is -2.81. The zero-order valence-corrected chi connectivity index (χ0v) is 21.7. The number of aromatic nitrogens is 1. The number of aromatic hydroxyl groups is 1. The number of fused-ring (bicyclic) bond motifs is 3. The van der Waals surface area contributed by atoms with Gasteiger partial charge in [-0.3, -0.25) is 24.1 Å². The minimum Gasteiger partial charge on any atom is -0.508 e. The number of likely N-dealkylation sites (N-methyl/N-ethyl adjacent to an activating group) is 1. The smallest absolute Gasteiger partial charge is 0.272 e. The summed E-state index contributed by atoms with van der Waals surface area (Å²) in [5.74, 6) is -9.98. The third-order valence-electron chi connectivity index (χ3n) is 8.09. The first-order valence-electron chi connectivity index (χ1n) is 12.3. The van der Waals surface area contributed by atoms with Gasteiger partial charge in [-0.05, 0) is 45.0 Å². The number of carbonyl (C=O) groups is 4. The second-order valence-electron chi connectivity index (χ2n) is 10.5. The number of anilines is 1. The Morgan fingerprint density at radius 2 is 1.90 bits per heavy atom. The van der Waals surface area contributed by atoms with Crippen LogP contribution in [-0.2, 0) is 27.9 Å². The first-order valence-corrected chi connectivity index (χ1v) is 12.3. The second-order valence-corrected chi connectivity index (χ2v) is 10.5. The Labute approximate surface area is 226 Å². The fraction of sp³-hybridized carbons (Fsp3) is 0.333. The van der Waals surface area contributed by atoms with Crippen molar-refractivity contribution in [1.29, 1.82) is 0 Å². The van der Waals surface area contributed by atoms with Gasteiger partial charge in [-0.25, -0.2) is 4.39 Å². The van der Waals surface area contributed by atoms with E-state index < -0.39 is 86.7 Å². The van der Waals surface area contributed by atoms with Crippen LogP contribution in [0.3, 0.4) is 0 Å². The largest absolute Gasteiger partial charge is 0.508 e. The van der Waals surface area contributed by atoms with Crippen LogP contribution in [-0.4, -0.2) is 79.0 Å². The monoisotopic (exact) mass is 554 g/mol. The summed E-state index contributed by atoms with van der Waals surface area (Å²) in [6.45, 7) is 0. The highest BCUT2D eigenvalue weighted by Crippen LogP contribution is 2.53. The van der Waals surface area contributed by atoms with E-state index in [0.717, 1.165) is 6.07 Å². The molecule has 2 amide bonds. The van der Waals surface area contributed by atoms with E-state index in [1.807, 2.05) is 0 Å². The van der Waals surface area contributed by atoms with Crippen molar-refractivity contribution in [3.8, 4) is 5.75 Å². The van der Waals surface area contributed by atoms with Crippen LogP contribution in [0.25, 0.3) is 5.76 Å². The topological polar surface area (TPSA) is 195 Å². The number of carbonyl (C=O) groups excluding carboxylic acids is 4. The molecular weight excluding hydrogens is 527 g/mol. The molecule has 0 radical (unpaired) electrons. The summed E-state index contributed by atoms with van der Waals surface area (Å²) in [7, 11) is 4.57. The van der Waals surface area contributed by atoms with Gasteiger partial charge in [-0.1, -0.05) is 0 Å². The number of phenols is 1. The maximum atomic E-state index is 15.4. The van der Waals surface area contributed by atoms with Crippen LogP contribution in [0.5, 0.6) is 5.75 Å². The lowest BCUT2D eigenvalue weighted by Gasteiger charge is -2.50. The average molecular weight is 555 g/mol. The SMILES string of the molecule is CN(C)[C@@H]1C(=O)C(C(N)=O)=C(O)[C@@]2(O)C(=O)C3=C(O)c4c(O)c(NC(=O)c5cccn5C)cc(F)c4C[C@H]3C[C@@H]12. The van der Waals surface area contributed by atoms with E-state index in [1.165, 1.54) is 29.6 Å². The van der Waals surface area contributed by atoms with E-state index in [0.29, 0.717) is 0 Å². The molecule has 210 valence electrons. The molecule has 5 rings (SSSR count). The van der Waals surface area contributed by atoms with Crippen molar-refractivity contribution in [2.24, 2.45) is 24.6 Å². The van der Waals surface area contributed by atoms with Crippen molar-refractivity contribution < 1.29 is 44.0 Å². The molecule has 0 bridgehead atoms. The third kappa shape index (κ3) is 3.58. The number of hydrogen-bond donors (Lipinski definition) is 6. The number of halogens is 1. The number of rotatable bonds is 4. The first kappa shape index (κ1) is 27.1. The van der Waals surface area contributed by atoms with Crippen LogP contribution < -0.4 is 11.1 Å². The predicted octanol–water partition coefficient (Wildman–Crippen LogP) is 0.694. The van der Waals surface area contributed by atoms with Crippen molar-refractivity contribution in [3.05, 3.63) is 63.9 Å². The lowest BCUT2D eigenvalue weighted by atomic mass is 9.57. The fourth-order valence-electron chi connectivity index (χ4n) is 6.24. The Hall–Kier alpha value is -4.49. The highest BCUT2D eigenvalue weighted by Gasteiger charge is 2.64. The molecule has 1 aromatic carbocycles. The van der Waals surface area contributed by atoms with Gasteiger partial charge in [0, 0.05) is 36.4 Å². The Morgan fingerprint density at radius 1 is 1.23 bits per heavy atom. The lowest BCUT2D eigenvalue weighted by molar-refractivity contribution is -0.153. The van der Waals surface area contributed by atoms with E-state index >= 15 is 4.39 Å². The number of nitrogens with one attached hydrogen (secondary N) is 1. The van der Waals surface area contributed by atoms with Gasteiger partial charge < -0.3 is 36.0 Å². The summed E-state index contributed by atoms with van der Waals surface area (Å²) in [6.07, 6.45) is 1.23. The summed E-state index contributed by atoms with van der Waals surface area (Å²) in [6, 6.07) is 2.76. The standard InChI is InChI=1S/C27H27FN4O8/c1-31(2)19-12-8-10-7-11-13(28)9-14(30-26(39)15-5-4-6-32(15)3)20(33)17(11)21(34)16(10)23(36)27(12,40)24(37)18(22(19)35)25(29)38/h4-6,9-10,12,19,33-34,37,40H,7-8H2,1-3H3,(H2,29,38)(H,30,39)/t10-,12-,19-,27-/m0/s1. The molecule has 0 saturated heterocycles. The predicted molar refractivity (Wildman–Crippen MR) is 138 cm³/mol. The van der Waals surface area contributed by atoms with Gasteiger partial charge in [-0.15, -0.1) is 0 Å². The number of phenolic OH excluding ortho intramolecular Hbond substituents is 1. The van der Waals surface area contributed by atoms with Crippen LogP contribution in [0.4, 0.5) is 10.1 Å². The van der Waals surface area contributed by atoms with Gasteiger partial charge in [0.1, 0.15) is 28.6 Å². The van der Waals surface area contributed by atoms with E-state index in [4.69, 9.17) is 5.73 Å². The number of aliphatic hydroxyl groups excluding tert-OH is 2.